The molecular formula is C30H33I. The van der Waals surface area contributed by atoms with E-state index in [4.69, 9.17) is 0 Å². The molecular weight excluding hydrogens is 487 g/mol. The first-order chi connectivity index (χ1) is 14.7. The molecule has 1 aliphatic rings. The molecule has 3 aromatic carbocycles. The smallest absolute Gasteiger partial charge is 0.0414 e. The van der Waals surface area contributed by atoms with Crippen LogP contribution >= 0.6 is 22.6 Å². The molecule has 31 heavy (non-hydrogen) atoms. The van der Waals surface area contributed by atoms with Gasteiger partial charge in [-0.15, -0.1) is 0 Å². The molecule has 1 atom stereocenters. The van der Waals surface area contributed by atoms with Gasteiger partial charge < -0.3 is 0 Å². The summed E-state index contributed by atoms with van der Waals surface area (Å²) in [6.07, 6.45) is 4.51. The number of benzene rings is 3. The SMILES string of the molecule is C=C(CCc1ccc2c(c1)CC(C)C2)c1cccc(C)c1-c1ccc(C(C)(C)I)cc1. The molecule has 0 aliphatic heterocycles. The van der Waals surface area contributed by atoms with Crippen molar-refractivity contribution in [3.05, 3.63) is 101 Å². The van der Waals surface area contributed by atoms with E-state index in [9.17, 15) is 0 Å². The van der Waals surface area contributed by atoms with Gasteiger partial charge in [-0.2, -0.15) is 0 Å². The summed E-state index contributed by atoms with van der Waals surface area (Å²) in [5.74, 6) is 0.791. The van der Waals surface area contributed by atoms with Gasteiger partial charge in [0.1, 0.15) is 0 Å². The Hall–Kier alpha value is -1.87. The number of alkyl halides is 1. The predicted octanol–water partition coefficient (Wildman–Crippen LogP) is 8.71. The van der Waals surface area contributed by atoms with Crippen LogP contribution in [0.25, 0.3) is 16.7 Å². The van der Waals surface area contributed by atoms with Gasteiger partial charge in [0.25, 0.3) is 0 Å². The first-order valence-corrected chi connectivity index (χ1v) is 12.5. The lowest BCUT2D eigenvalue weighted by Crippen LogP contribution is -2.05. The number of halogens is 1. The highest BCUT2D eigenvalue weighted by Gasteiger charge is 2.19. The second kappa shape index (κ2) is 8.94. The zero-order valence-corrected chi connectivity index (χ0v) is 21.4. The minimum atomic E-state index is 0.141. The molecule has 160 valence electrons. The Balaban J connectivity index is 1.55. The van der Waals surface area contributed by atoms with Gasteiger partial charge in [-0.05, 0) is 102 Å². The first kappa shape index (κ1) is 22.3. The van der Waals surface area contributed by atoms with Gasteiger partial charge in [0.05, 0.1) is 0 Å². The van der Waals surface area contributed by atoms with E-state index in [1.807, 2.05) is 0 Å². The number of rotatable bonds is 6. The largest absolute Gasteiger partial charge is 0.0952 e. The summed E-state index contributed by atoms with van der Waals surface area (Å²) in [7, 11) is 0. The van der Waals surface area contributed by atoms with Crippen LogP contribution in [0, 0.1) is 12.8 Å². The highest BCUT2D eigenvalue weighted by atomic mass is 127. The van der Waals surface area contributed by atoms with E-state index in [0.29, 0.717) is 0 Å². The molecule has 0 fully saturated rings. The lowest BCUT2D eigenvalue weighted by Gasteiger charge is -2.19. The van der Waals surface area contributed by atoms with Crippen LogP contribution in [0.15, 0.2) is 67.2 Å². The molecule has 1 unspecified atom stereocenters. The number of hydrogen-bond donors (Lipinski definition) is 0. The monoisotopic (exact) mass is 520 g/mol. The lowest BCUT2D eigenvalue weighted by molar-refractivity contribution is 0.627. The van der Waals surface area contributed by atoms with Crippen molar-refractivity contribution in [2.75, 3.05) is 0 Å². The van der Waals surface area contributed by atoms with E-state index < -0.39 is 0 Å². The van der Waals surface area contributed by atoms with Gasteiger partial charge in [0, 0.05) is 3.42 Å². The third kappa shape index (κ3) is 4.98. The van der Waals surface area contributed by atoms with Crippen molar-refractivity contribution in [2.24, 2.45) is 5.92 Å². The topological polar surface area (TPSA) is 0 Å². The molecule has 0 nitrogen and oxygen atoms in total. The minimum absolute atomic E-state index is 0.141. The molecule has 0 radical (unpaired) electrons. The van der Waals surface area contributed by atoms with Gasteiger partial charge >= 0.3 is 0 Å². The van der Waals surface area contributed by atoms with E-state index in [-0.39, 0.29) is 3.42 Å². The molecule has 1 heteroatoms. The maximum Gasteiger partial charge on any atom is 0.0414 e. The molecule has 4 rings (SSSR count). The van der Waals surface area contributed by atoms with Crippen LogP contribution in [0.5, 0.6) is 0 Å². The number of fused-ring (bicyclic) bond motifs is 1. The molecule has 0 heterocycles. The molecule has 0 aromatic heterocycles. The second-order valence-electron chi connectivity index (χ2n) is 9.77. The summed E-state index contributed by atoms with van der Waals surface area (Å²) in [5.41, 5.74) is 12.3. The van der Waals surface area contributed by atoms with Crippen molar-refractivity contribution in [3.63, 3.8) is 0 Å². The Bertz CT molecular complexity index is 1100. The summed E-state index contributed by atoms with van der Waals surface area (Å²) >= 11 is 2.51. The van der Waals surface area contributed by atoms with Gasteiger partial charge in [0.2, 0.25) is 0 Å². The third-order valence-corrected chi connectivity index (χ3v) is 7.26. The number of allylic oxidation sites excluding steroid dienone is 1. The quantitative estimate of drug-likeness (QED) is 0.225. The average Bonchev–Trinajstić information content (AvgIpc) is 3.10. The molecule has 0 saturated heterocycles. The maximum atomic E-state index is 4.51. The van der Waals surface area contributed by atoms with Crippen LogP contribution in [0.3, 0.4) is 0 Å². The van der Waals surface area contributed by atoms with Crippen LogP contribution in [0.2, 0.25) is 0 Å². The zero-order valence-electron chi connectivity index (χ0n) is 19.3. The Morgan fingerprint density at radius 3 is 2.42 bits per heavy atom. The van der Waals surface area contributed by atoms with Crippen molar-refractivity contribution < 1.29 is 0 Å². The van der Waals surface area contributed by atoms with Gasteiger partial charge in [-0.3, -0.25) is 0 Å². The van der Waals surface area contributed by atoms with E-state index in [0.717, 1.165) is 18.8 Å². The van der Waals surface area contributed by atoms with E-state index in [1.165, 1.54) is 51.8 Å². The molecule has 1 aliphatic carbocycles. The van der Waals surface area contributed by atoms with Gasteiger partial charge in [-0.1, -0.05) is 96.8 Å². The zero-order chi connectivity index (χ0) is 22.2. The van der Waals surface area contributed by atoms with Crippen molar-refractivity contribution >= 4 is 28.2 Å². The maximum absolute atomic E-state index is 4.51. The minimum Gasteiger partial charge on any atom is -0.0952 e. The van der Waals surface area contributed by atoms with E-state index in [1.54, 1.807) is 11.1 Å². The van der Waals surface area contributed by atoms with Crippen LogP contribution in [0.4, 0.5) is 0 Å². The highest BCUT2D eigenvalue weighted by Crippen LogP contribution is 2.36. The number of hydrogen-bond acceptors (Lipinski definition) is 0. The summed E-state index contributed by atoms with van der Waals surface area (Å²) in [4.78, 5) is 0. The summed E-state index contributed by atoms with van der Waals surface area (Å²) in [6.45, 7) is 13.6. The fourth-order valence-electron chi connectivity index (χ4n) is 4.86. The van der Waals surface area contributed by atoms with Gasteiger partial charge in [-0.25, -0.2) is 0 Å². The van der Waals surface area contributed by atoms with Gasteiger partial charge in [0.15, 0.2) is 0 Å². The van der Waals surface area contributed by atoms with Crippen molar-refractivity contribution in [1.82, 2.24) is 0 Å². The molecule has 0 spiro atoms. The van der Waals surface area contributed by atoms with Crippen molar-refractivity contribution in [3.8, 4) is 11.1 Å². The molecule has 0 saturated carbocycles. The van der Waals surface area contributed by atoms with E-state index in [2.05, 4.69) is 118 Å². The molecule has 0 bridgehead atoms. The van der Waals surface area contributed by atoms with Crippen LogP contribution in [0.1, 0.15) is 60.6 Å². The van der Waals surface area contributed by atoms with Crippen LogP contribution < -0.4 is 0 Å². The fourth-order valence-corrected chi connectivity index (χ4v) is 5.22. The van der Waals surface area contributed by atoms with Crippen molar-refractivity contribution in [1.29, 1.82) is 0 Å². The second-order valence-corrected chi connectivity index (χ2v) is 12.5. The summed E-state index contributed by atoms with van der Waals surface area (Å²) in [6, 6.07) is 22.8. The average molecular weight is 520 g/mol. The normalized spacial score (nSPS) is 15.7. The Morgan fingerprint density at radius 2 is 1.71 bits per heavy atom. The third-order valence-electron chi connectivity index (χ3n) is 6.64. The van der Waals surface area contributed by atoms with Crippen molar-refractivity contribution in [2.45, 2.75) is 56.8 Å². The fraction of sp³-hybridized carbons (Fsp3) is 0.333. The Kier molecular flexibility index (Phi) is 6.44. The lowest BCUT2D eigenvalue weighted by atomic mass is 9.88. The number of aryl methyl sites for hydroxylation is 2. The molecule has 0 amide bonds. The summed E-state index contributed by atoms with van der Waals surface area (Å²) in [5, 5.41) is 0. The standard InChI is InChI=1S/C30H33I/c1-20-17-25-12-11-23(19-26(25)18-20)10-9-21(2)28-8-6-7-22(3)29(28)24-13-15-27(16-14-24)30(4,5)31/h6-8,11-16,19-20H,2,9-10,17-18H2,1,3-5H3. The Morgan fingerprint density at radius 1 is 1.00 bits per heavy atom. The summed E-state index contributed by atoms with van der Waals surface area (Å²) < 4.78 is 0.141. The first-order valence-electron chi connectivity index (χ1n) is 11.4. The van der Waals surface area contributed by atoms with Crippen LogP contribution in [-0.2, 0) is 22.7 Å². The molecule has 0 N–H and O–H groups in total. The molecule has 3 aromatic rings. The van der Waals surface area contributed by atoms with E-state index >= 15 is 0 Å². The Labute approximate surface area is 201 Å². The highest BCUT2D eigenvalue weighted by molar-refractivity contribution is 14.1. The van der Waals surface area contributed by atoms with Crippen LogP contribution in [-0.4, -0.2) is 0 Å². The predicted molar refractivity (Wildman–Crippen MR) is 144 cm³/mol.